The molecular formula is C16H31IN4O3S. The first-order valence-electron chi connectivity index (χ1n) is 8.74. The number of hydrogen-bond acceptors (Lipinski definition) is 4. The number of amides is 1. The second kappa shape index (κ2) is 9.94. The fraction of sp³-hybridized carbons (Fsp3) is 0.875. The lowest BCUT2D eigenvalue weighted by atomic mass is 10.1. The Balaban J connectivity index is 0.00000312. The largest absolute Gasteiger partial charge is 0.356 e. The number of aliphatic imine (C=N–C) groups is 1. The Labute approximate surface area is 168 Å². The van der Waals surface area contributed by atoms with Gasteiger partial charge in [0.25, 0.3) is 0 Å². The molecule has 0 saturated carbocycles. The normalized spacial score (nSPS) is 26.5. The third-order valence-corrected chi connectivity index (χ3v) is 6.30. The molecule has 0 aromatic rings. The Kier molecular flexibility index (Phi) is 8.93. The number of likely N-dealkylation sites (N-methyl/N-ethyl adjacent to an activating group) is 1. The number of rotatable bonds is 5. The van der Waals surface area contributed by atoms with Crippen LogP contribution < -0.4 is 10.6 Å². The predicted molar refractivity (Wildman–Crippen MR) is 111 cm³/mol. The summed E-state index contributed by atoms with van der Waals surface area (Å²) in [5.74, 6) is 2.06. The Hall–Kier alpha value is -0.580. The van der Waals surface area contributed by atoms with E-state index in [2.05, 4.69) is 29.5 Å². The molecule has 2 aliphatic rings. The van der Waals surface area contributed by atoms with Crippen molar-refractivity contribution in [3.8, 4) is 0 Å². The average Bonchev–Trinajstić information content (AvgIpc) is 2.85. The molecule has 2 aliphatic heterocycles. The number of halogens is 1. The van der Waals surface area contributed by atoms with Crippen LogP contribution in [0.15, 0.2) is 4.99 Å². The lowest BCUT2D eigenvalue weighted by molar-refractivity contribution is -0.132. The Morgan fingerprint density at radius 2 is 2.08 bits per heavy atom. The van der Waals surface area contributed by atoms with Gasteiger partial charge in [0.1, 0.15) is 0 Å². The second-order valence-electron chi connectivity index (χ2n) is 7.39. The number of carbonyl (C=O) groups excluding carboxylic acids is 1. The quantitative estimate of drug-likeness (QED) is 0.342. The van der Waals surface area contributed by atoms with Crippen molar-refractivity contribution < 1.29 is 13.2 Å². The molecule has 146 valence electrons. The number of nitrogens with one attached hydrogen (secondary N) is 2. The van der Waals surface area contributed by atoms with Crippen molar-refractivity contribution in [3.05, 3.63) is 0 Å². The van der Waals surface area contributed by atoms with E-state index in [9.17, 15) is 13.2 Å². The molecule has 9 heteroatoms. The summed E-state index contributed by atoms with van der Waals surface area (Å²) in [6.45, 7) is 6.21. The topological polar surface area (TPSA) is 90.9 Å². The molecule has 1 amide bonds. The van der Waals surface area contributed by atoms with E-state index in [0.29, 0.717) is 44.1 Å². The molecule has 2 saturated heterocycles. The number of hydrogen-bond donors (Lipinski definition) is 2. The highest BCUT2D eigenvalue weighted by atomic mass is 127. The van der Waals surface area contributed by atoms with Gasteiger partial charge in [-0.1, -0.05) is 13.8 Å². The smallest absolute Gasteiger partial charge is 0.222 e. The van der Waals surface area contributed by atoms with E-state index < -0.39 is 9.84 Å². The van der Waals surface area contributed by atoms with E-state index in [-0.39, 0.29) is 47.6 Å². The monoisotopic (exact) mass is 486 g/mol. The van der Waals surface area contributed by atoms with Gasteiger partial charge in [-0.05, 0) is 24.7 Å². The van der Waals surface area contributed by atoms with Crippen molar-refractivity contribution in [2.24, 2.45) is 16.8 Å². The minimum Gasteiger partial charge on any atom is -0.356 e. The molecule has 2 N–H and O–H groups in total. The molecule has 7 nitrogen and oxygen atoms in total. The van der Waals surface area contributed by atoms with E-state index in [1.807, 2.05) is 7.05 Å². The highest BCUT2D eigenvalue weighted by Crippen LogP contribution is 2.17. The molecule has 2 heterocycles. The van der Waals surface area contributed by atoms with E-state index in [0.717, 1.165) is 12.4 Å². The zero-order chi connectivity index (χ0) is 17.7. The van der Waals surface area contributed by atoms with Crippen LogP contribution in [0.25, 0.3) is 0 Å². The van der Waals surface area contributed by atoms with Crippen molar-refractivity contribution in [2.75, 3.05) is 38.2 Å². The van der Waals surface area contributed by atoms with Crippen LogP contribution in [0, 0.1) is 11.8 Å². The fourth-order valence-corrected chi connectivity index (χ4v) is 4.89. The molecule has 2 fully saturated rings. The van der Waals surface area contributed by atoms with E-state index in [4.69, 9.17) is 0 Å². The molecule has 25 heavy (non-hydrogen) atoms. The van der Waals surface area contributed by atoms with Gasteiger partial charge in [0.05, 0.1) is 11.5 Å². The zero-order valence-electron chi connectivity index (χ0n) is 15.3. The molecule has 0 aromatic heterocycles. The third-order valence-electron chi connectivity index (χ3n) is 4.47. The van der Waals surface area contributed by atoms with Crippen molar-refractivity contribution in [1.82, 2.24) is 15.5 Å². The van der Waals surface area contributed by atoms with Gasteiger partial charge in [0.2, 0.25) is 5.91 Å². The number of piperidine rings is 1. The number of likely N-dealkylation sites (tertiary alicyclic amines) is 1. The zero-order valence-corrected chi connectivity index (χ0v) is 18.5. The molecule has 2 atom stereocenters. The van der Waals surface area contributed by atoms with Crippen LogP contribution in [0.4, 0.5) is 0 Å². The molecule has 0 spiro atoms. The molecular weight excluding hydrogens is 455 g/mol. The summed E-state index contributed by atoms with van der Waals surface area (Å²) < 4.78 is 23.1. The van der Waals surface area contributed by atoms with Crippen molar-refractivity contribution in [1.29, 1.82) is 0 Å². The van der Waals surface area contributed by atoms with Crippen molar-refractivity contribution in [2.45, 2.75) is 39.2 Å². The highest BCUT2D eigenvalue weighted by Gasteiger charge is 2.28. The number of carbonyl (C=O) groups is 1. The molecule has 0 aromatic carbocycles. The Morgan fingerprint density at radius 3 is 2.64 bits per heavy atom. The van der Waals surface area contributed by atoms with Crippen LogP contribution in [0.2, 0.25) is 0 Å². The third kappa shape index (κ3) is 7.67. The first-order chi connectivity index (χ1) is 11.2. The maximum absolute atomic E-state index is 11.6. The van der Waals surface area contributed by atoms with Crippen LogP contribution in [0.5, 0.6) is 0 Å². The summed E-state index contributed by atoms with van der Waals surface area (Å²) in [4.78, 5) is 17.9. The van der Waals surface area contributed by atoms with Crippen LogP contribution in [0.3, 0.4) is 0 Å². The summed E-state index contributed by atoms with van der Waals surface area (Å²) in [5.41, 5.74) is 0. The van der Waals surface area contributed by atoms with Gasteiger partial charge < -0.3 is 15.5 Å². The molecule has 2 rings (SSSR count). The van der Waals surface area contributed by atoms with Crippen LogP contribution >= 0.6 is 24.0 Å². The average molecular weight is 486 g/mol. The van der Waals surface area contributed by atoms with Gasteiger partial charge in [0.15, 0.2) is 15.8 Å². The Morgan fingerprint density at radius 1 is 1.36 bits per heavy atom. The first kappa shape index (κ1) is 22.5. The highest BCUT2D eigenvalue weighted by molar-refractivity contribution is 14.0. The van der Waals surface area contributed by atoms with Gasteiger partial charge in [-0.2, -0.15) is 0 Å². The SMILES string of the molecule is CC(C)CN=C(NCC1CCS(=O)(=O)C1)NC1CCC(=O)N(C)C1.I. The molecule has 0 bridgehead atoms. The van der Waals surface area contributed by atoms with Crippen molar-refractivity contribution >= 4 is 45.7 Å². The first-order valence-corrected chi connectivity index (χ1v) is 10.6. The minimum atomic E-state index is -2.85. The van der Waals surface area contributed by atoms with Crippen LogP contribution in [-0.2, 0) is 14.6 Å². The number of guanidine groups is 1. The fourth-order valence-electron chi connectivity index (χ4n) is 3.02. The standard InChI is InChI=1S/C16H30N4O3S.HI/c1-12(2)8-17-16(18-9-13-6-7-24(22,23)11-13)19-14-4-5-15(21)20(3)10-14;/h12-14H,4-11H2,1-3H3,(H2,17,18,19);1H. The maximum atomic E-state index is 11.6. The van der Waals surface area contributed by atoms with E-state index in [1.54, 1.807) is 4.90 Å². The molecule has 0 radical (unpaired) electrons. The van der Waals surface area contributed by atoms with Gasteiger partial charge in [-0.25, -0.2) is 8.42 Å². The summed E-state index contributed by atoms with van der Waals surface area (Å²) in [7, 11) is -1.04. The van der Waals surface area contributed by atoms with E-state index in [1.165, 1.54) is 0 Å². The lowest BCUT2D eigenvalue weighted by Crippen LogP contribution is -2.52. The number of nitrogens with zero attached hydrogens (tertiary/aromatic N) is 2. The molecule has 0 aliphatic carbocycles. The Bertz CT molecular complexity index is 580. The molecule has 2 unspecified atom stereocenters. The van der Waals surface area contributed by atoms with Gasteiger partial charge >= 0.3 is 0 Å². The van der Waals surface area contributed by atoms with Gasteiger partial charge in [-0.3, -0.25) is 9.79 Å². The minimum absolute atomic E-state index is 0. The summed E-state index contributed by atoms with van der Waals surface area (Å²) in [6, 6.07) is 0.179. The van der Waals surface area contributed by atoms with Gasteiger partial charge in [-0.15, -0.1) is 24.0 Å². The van der Waals surface area contributed by atoms with Gasteiger partial charge in [0, 0.05) is 39.1 Å². The maximum Gasteiger partial charge on any atom is 0.222 e. The summed E-state index contributed by atoms with van der Waals surface area (Å²) >= 11 is 0. The summed E-state index contributed by atoms with van der Waals surface area (Å²) in [5, 5.41) is 6.70. The lowest BCUT2D eigenvalue weighted by Gasteiger charge is -2.31. The second-order valence-corrected chi connectivity index (χ2v) is 9.62. The van der Waals surface area contributed by atoms with Crippen LogP contribution in [0.1, 0.15) is 33.1 Å². The van der Waals surface area contributed by atoms with E-state index >= 15 is 0 Å². The summed E-state index contributed by atoms with van der Waals surface area (Å²) in [6.07, 6.45) is 2.06. The van der Waals surface area contributed by atoms with Crippen molar-refractivity contribution in [3.63, 3.8) is 0 Å². The van der Waals surface area contributed by atoms with Crippen LogP contribution in [-0.4, -0.2) is 69.4 Å². The number of sulfone groups is 1. The predicted octanol–water partition coefficient (Wildman–Crippen LogP) is 0.851.